The van der Waals surface area contributed by atoms with Crippen LogP contribution in [0.25, 0.3) is 0 Å². The van der Waals surface area contributed by atoms with Crippen LogP contribution in [0.1, 0.15) is 31.2 Å². The van der Waals surface area contributed by atoms with Gasteiger partial charge in [0.25, 0.3) is 0 Å². The monoisotopic (exact) mass is 221 g/mol. The molecule has 1 saturated heterocycles. The normalized spacial score (nSPS) is 20.9. The maximum atomic E-state index is 13.3. The van der Waals surface area contributed by atoms with Crippen molar-refractivity contribution in [3.8, 4) is 0 Å². The molecule has 1 heterocycles. The Bertz CT molecular complexity index is 318. The molecule has 1 nitrogen and oxygen atoms in total. The molecule has 0 aromatic heterocycles. The Kier molecular flexibility index (Phi) is 4.34. The van der Waals surface area contributed by atoms with Crippen LogP contribution in [0.2, 0.25) is 0 Å². The molecule has 1 fully saturated rings. The first kappa shape index (κ1) is 11.6. The Hall–Kier alpha value is -0.890. The highest BCUT2D eigenvalue weighted by Crippen LogP contribution is 2.18. The predicted octanol–water partition coefficient (Wildman–Crippen LogP) is 3.15. The summed E-state index contributed by atoms with van der Waals surface area (Å²) in [5, 5.41) is 3.42. The quantitative estimate of drug-likeness (QED) is 0.823. The van der Waals surface area contributed by atoms with Gasteiger partial charge in [-0.3, -0.25) is 0 Å². The van der Waals surface area contributed by atoms with E-state index in [1.807, 2.05) is 12.1 Å². The van der Waals surface area contributed by atoms with Crippen LogP contribution in [0.3, 0.4) is 0 Å². The lowest BCUT2D eigenvalue weighted by Crippen LogP contribution is -2.29. The zero-order chi connectivity index (χ0) is 11.2. The Morgan fingerprint density at radius 2 is 2.19 bits per heavy atom. The Morgan fingerprint density at radius 3 is 2.94 bits per heavy atom. The van der Waals surface area contributed by atoms with Crippen LogP contribution in [-0.2, 0) is 6.42 Å². The molecule has 0 bridgehead atoms. The first-order valence-corrected chi connectivity index (χ1v) is 6.30. The Balaban J connectivity index is 1.73. The standard InChI is InChI=1S/C14H20FN/c15-14-9-2-1-7-13(14)8-3-5-12-6-4-10-16-11-12/h1-2,7,9,12,16H,3-6,8,10-11H2. The molecule has 2 rings (SSSR count). The van der Waals surface area contributed by atoms with Crippen molar-refractivity contribution in [1.29, 1.82) is 0 Å². The molecule has 0 amide bonds. The molecule has 1 aliphatic rings. The number of hydrogen-bond donors (Lipinski definition) is 1. The minimum absolute atomic E-state index is 0.0516. The van der Waals surface area contributed by atoms with E-state index in [4.69, 9.17) is 0 Å². The minimum Gasteiger partial charge on any atom is -0.316 e. The summed E-state index contributed by atoms with van der Waals surface area (Å²) >= 11 is 0. The average Bonchev–Trinajstić information content (AvgIpc) is 2.33. The molecule has 0 aliphatic carbocycles. The van der Waals surface area contributed by atoms with Gasteiger partial charge in [-0.25, -0.2) is 4.39 Å². The number of piperidine rings is 1. The molecule has 0 spiro atoms. The third-order valence-electron chi connectivity index (χ3n) is 3.42. The van der Waals surface area contributed by atoms with Gasteiger partial charge in [0.1, 0.15) is 5.82 Å². The molecule has 1 aromatic carbocycles. The van der Waals surface area contributed by atoms with Crippen molar-refractivity contribution in [1.82, 2.24) is 5.32 Å². The van der Waals surface area contributed by atoms with E-state index >= 15 is 0 Å². The molecular formula is C14H20FN. The highest BCUT2D eigenvalue weighted by Gasteiger charge is 2.12. The molecule has 2 heteroatoms. The highest BCUT2D eigenvalue weighted by molar-refractivity contribution is 5.17. The van der Waals surface area contributed by atoms with Crippen molar-refractivity contribution in [3.05, 3.63) is 35.6 Å². The maximum absolute atomic E-state index is 13.3. The molecule has 1 aromatic rings. The SMILES string of the molecule is Fc1ccccc1CCCC1CCCNC1. The third-order valence-corrected chi connectivity index (χ3v) is 3.42. The molecule has 1 atom stereocenters. The van der Waals surface area contributed by atoms with Crippen LogP contribution in [0.15, 0.2) is 24.3 Å². The first-order chi connectivity index (χ1) is 7.86. The zero-order valence-corrected chi connectivity index (χ0v) is 9.71. The predicted molar refractivity (Wildman–Crippen MR) is 64.9 cm³/mol. The number of benzene rings is 1. The van der Waals surface area contributed by atoms with Crippen molar-refractivity contribution >= 4 is 0 Å². The van der Waals surface area contributed by atoms with Crippen LogP contribution in [0.4, 0.5) is 4.39 Å². The fourth-order valence-electron chi connectivity index (χ4n) is 2.45. The fourth-order valence-corrected chi connectivity index (χ4v) is 2.45. The summed E-state index contributed by atoms with van der Waals surface area (Å²) in [5.41, 5.74) is 0.867. The number of rotatable bonds is 4. The summed E-state index contributed by atoms with van der Waals surface area (Å²) in [6, 6.07) is 7.12. The number of nitrogens with one attached hydrogen (secondary N) is 1. The molecule has 1 unspecified atom stereocenters. The summed E-state index contributed by atoms with van der Waals surface area (Å²) in [7, 11) is 0. The lowest BCUT2D eigenvalue weighted by Gasteiger charge is -2.22. The van der Waals surface area contributed by atoms with E-state index in [1.165, 1.54) is 25.8 Å². The van der Waals surface area contributed by atoms with Crippen LogP contribution in [-0.4, -0.2) is 13.1 Å². The minimum atomic E-state index is -0.0516. The van der Waals surface area contributed by atoms with E-state index in [-0.39, 0.29) is 5.82 Å². The molecular weight excluding hydrogens is 201 g/mol. The Labute approximate surface area is 97.1 Å². The van der Waals surface area contributed by atoms with Gasteiger partial charge in [0.05, 0.1) is 0 Å². The van der Waals surface area contributed by atoms with E-state index in [2.05, 4.69) is 5.32 Å². The summed E-state index contributed by atoms with van der Waals surface area (Å²) in [5.74, 6) is 0.754. The second-order valence-electron chi connectivity index (χ2n) is 4.70. The van der Waals surface area contributed by atoms with Gasteiger partial charge < -0.3 is 5.32 Å². The molecule has 1 aliphatic heterocycles. The van der Waals surface area contributed by atoms with E-state index in [9.17, 15) is 4.39 Å². The zero-order valence-electron chi connectivity index (χ0n) is 9.71. The van der Waals surface area contributed by atoms with E-state index in [1.54, 1.807) is 12.1 Å². The fraction of sp³-hybridized carbons (Fsp3) is 0.571. The van der Waals surface area contributed by atoms with Gasteiger partial charge in [-0.1, -0.05) is 18.2 Å². The Morgan fingerprint density at radius 1 is 1.31 bits per heavy atom. The van der Waals surface area contributed by atoms with Crippen molar-refractivity contribution < 1.29 is 4.39 Å². The van der Waals surface area contributed by atoms with Crippen molar-refractivity contribution in [2.75, 3.05) is 13.1 Å². The van der Waals surface area contributed by atoms with Crippen molar-refractivity contribution in [2.24, 2.45) is 5.92 Å². The van der Waals surface area contributed by atoms with Gasteiger partial charge >= 0.3 is 0 Å². The number of aryl methyl sites for hydroxylation is 1. The lowest BCUT2D eigenvalue weighted by atomic mass is 9.93. The largest absolute Gasteiger partial charge is 0.316 e. The summed E-state index contributed by atoms with van der Waals surface area (Å²) in [4.78, 5) is 0. The van der Waals surface area contributed by atoms with Crippen LogP contribution in [0.5, 0.6) is 0 Å². The number of halogens is 1. The summed E-state index contributed by atoms with van der Waals surface area (Å²) < 4.78 is 13.3. The van der Waals surface area contributed by atoms with Crippen molar-refractivity contribution in [3.63, 3.8) is 0 Å². The molecule has 88 valence electrons. The van der Waals surface area contributed by atoms with Crippen molar-refractivity contribution in [2.45, 2.75) is 32.1 Å². The van der Waals surface area contributed by atoms with Crippen LogP contribution in [0, 0.1) is 11.7 Å². The van der Waals surface area contributed by atoms with Crippen LogP contribution >= 0.6 is 0 Å². The molecule has 0 radical (unpaired) electrons. The topological polar surface area (TPSA) is 12.0 Å². The summed E-state index contributed by atoms with van der Waals surface area (Å²) in [6.45, 7) is 2.32. The average molecular weight is 221 g/mol. The molecule has 16 heavy (non-hydrogen) atoms. The first-order valence-electron chi connectivity index (χ1n) is 6.30. The van der Waals surface area contributed by atoms with E-state index in [0.29, 0.717) is 0 Å². The van der Waals surface area contributed by atoms with Gasteiger partial charge in [-0.15, -0.1) is 0 Å². The third kappa shape index (κ3) is 3.31. The summed E-state index contributed by atoms with van der Waals surface area (Å²) in [6.07, 6.45) is 5.84. The maximum Gasteiger partial charge on any atom is 0.126 e. The van der Waals surface area contributed by atoms with Gasteiger partial charge in [-0.2, -0.15) is 0 Å². The van der Waals surface area contributed by atoms with Gasteiger partial charge in [0.2, 0.25) is 0 Å². The molecule has 1 N–H and O–H groups in total. The van der Waals surface area contributed by atoms with Gasteiger partial charge in [0.15, 0.2) is 0 Å². The van der Waals surface area contributed by atoms with E-state index in [0.717, 1.165) is 30.9 Å². The highest BCUT2D eigenvalue weighted by atomic mass is 19.1. The van der Waals surface area contributed by atoms with Gasteiger partial charge in [0, 0.05) is 0 Å². The number of hydrogen-bond acceptors (Lipinski definition) is 1. The second-order valence-corrected chi connectivity index (χ2v) is 4.70. The smallest absolute Gasteiger partial charge is 0.126 e. The van der Waals surface area contributed by atoms with E-state index < -0.39 is 0 Å². The second kappa shape index (κ2) is 6.00. The van der Waals surface area contributed by atoms with Gasteiger partial charge in [-0.05, 0) is 62.7 Å². The molecule has 0 saturated carbocycles. The van der Waals surface area contributed by atoms with Crippen LogP contribution < -0.4 is 5.32 Å². The lowest BCUT2D eigenvalue weighted by molar-refractivity contribution is 0.350.